The van der Waals surface area contributed by atoms with Gasteiger partial charge >= 0.3 is 11.4 Å². The number of benzene rings is 4. The minimum atomic E-state index is -1.68. The summed E-state index contributed by atoms with van der Waals surface area (Å²) in [5, 5.41) is 55.8. The van der Waals surface area contributed by atoms with Gasteiger partial charge in [0.05, 0.1) is 142 Å². The Morgan fingerprint density at radius 1 is 0.301 bits per heavy atom. The van der Waals surface area contributed by atoms with Crippen molar-refractivity contribution in [2.75, 3.05) is 0 Å². The van der Waals surface area contributed by atoms with E-state index in [1.54, 1.807) is 0 Å². The van der Waals surface area contributed by atoms with Crippen molar-refractivity contribution in [1.29, 1.82) is 0 Å². The van der Waals surface area contributed by atoms with Crippen LogP contribution in [-0.2, 0) is 0 Å². The second-order valence-electron chi connectivity index (χ2n) is 16.3. The first-order valence-electron chi connectivity index (χ1n) is 20.8. The molecular weight excluding hydrogens is 1520 g/mol. The zero-order valence-electron chi connectivity index (χ0n) is 38.0. The van der Waals surface area contributed by atoms with Gasteiger partial charge in [0.25, 0.3) is 17.1 Å². The number of hydrogen-bond acceptors (Lipinski definition) is 12. The molecule has 3 aromatic heterocycles. The van der Waals surface area contributed by atoms with Crippen LogP contribution in [-0.4, -0.2) is 44.6 Å². The molecule has 4 aromatic carbocycles. The van der Waals surface area contributed by atoms with E-state index >= 15 is 0 Å². The van der Waals surface area contributed by atoms with Gasteiger partial charge in [-0.2, -0.15) is 0 Å². The van der Waals surface area contributed by atoms with Crippen molar-refractivity contribution in [3.8, 4) is 44.5 Å². The van der Waals surface area contributed by atoms with Gasteiger partial charge in [-0.3, -0.25) is 50.6 Å². The zero-order valence-corrected chi connectivity index (χ0v) is 53.1. The third-order valence-electron chi connectivity index (χ3n) is 12.0. The summed E-state index contributed by atoms with van der Waals surface area (Å²) in [5.41, 5.74) is -21.0. The fourth-order valence-corrected chi connectivity index (χ4v) is 13.9. The lowest BCUT2D eigenvalue weighted by Crippen LogP contribution is -2.06. The highest BCUT2D eigenvalue weighted by Crippen LogP contribution is 2.58. The summed E-state index contributed by atoms with van der Waals surface area (Å²) in [6.07, 6.45) is 0.681. The van der Waals surface area contributed by atoms with E-state index in [1.165, 1.54) is 0 Å². The predicted octanol–water partition coefficient (Wildman–Crippen LogP) is 23.0. The molecule has 0 saturated carbocycles. The Morgan fingerprint density at radius 3 is 0.867 bits per heavy atom. The highest BCUT2D eigenvalue weighted by Gasteiger charge is 2.47. The minimum absolute atomic E-state index is 0.490. The lowest BCUT2D eigenvalue weighted by molar-refractivity contribution is -0.405. The summed E-state index contributed by atoms with van der Waals surface area (Å²) in [4.78, 5) is 77.1. The summed E-state index contributed by atoms with van der Waals surface area (Å²) < 4.78 is 0. The van der Waals surface area contributed by atoms with Crippen LogP contribution in [0, 0.1) is 50.6 Å². The highest BCUT2D eigenvalue weighted by atomic mass is 35.5. The molecule has 0 unspecified atom stereocenters. The highest BCUT2D eigenvalue weighted by molar-refractivity contribution is 6.60. The average Bonchev–Trinajstić information content (AvgIpc) is 1.82. The fourth-order valence-electron chi connectivity index (χ4n) is 8.62. The number of rotatable bonds is 9. The van der Waals surface area contributed by atoms with Crippen molar-refractivity contribution in [1.82, 2.24) is 19.9 Å². The van der Waals surface area contributed by atoms with Gasteiger partial charge in [-0.1, -0.05) is 232 Å². The van der Waals surface area contributed by atoms with Crippen molar-refractivity contribution >= 4 is 289 Å². The molecule has 0 aliphatic carbocycles. The molecule has 19 nitrogen and oxygen atoms in total. The van der Waals surface area contributed by atoms with E-state index in [9.17, 15) is 50.6 Å². The first-order chi connectivity index (χ1) is 38.7. The second-order valence-corrected chi connectivity index (χ2v) is 23.9. The predicted molar refractivity (Wildman–Crippen MR) is 332 cm³/mol. The average molecular weight is 1530 g/mol. The smallest absolute Gasteiger partial charge is 0.349 e. The van der Waals surface area contributed by atoms with Crippen molar-refractivity contribution in [2.45, 2.75) is 0 Å². The van der Waals surface area contributed by atoms with Crippen LogP contribution in [0.1, 0.15) is 22.8 Å². The van der Waals surface area contributed by atoms with Crippen molar-refractivity contribution in [2.24, 2.45) is 0 Å². The Hall–Kier alpha value is -3.72. The number of nitrogens with one attached hydrogen (secondary N) is 2. The summed E-state index contributed by atoms with van der Waals surface area (Å²) in [5.74, 6) is 0. The van der Waals surface area contributed by atoms with Crippen molar-refractivity contribution in [3.63, 3.8) is 0 Å². The third-order valence-corrected chi connectivity index (χ3v) is 21.1. The van der Waals surface area contributed by atoms with Crippen LogP contribution in [0.4, 0.5) is 11.4 Å². The number of aromatic nitrogens is 4. The Labute approximate surface area is 557 Å². The monoisotopic (exact) mass is 1520 g/mol. The van der Waals surface area contributed by atoms with Crippen LogP contribution in [0.25, 0.3) is 89.7 Å². The molecule has 426 valence electrons. The Morgan fingerprint density at radius 2 is 0.566 bits per heavy atom. The van der Waals surface area contributed by atoms with Crippen LogP contribution in [0.3, 0.4) is 0 Å². The first-order valence-corrected chi connectivity index (χ1v) is 28.4. The van der Waals surface area contributed by atoms with Crippen molar-refractivity contribution < 1.29 is 24.6 Å². The van der Waals surface area contributed by atoms with E-state index in [-0.39, 0.29) is 0 Å². The van der Waals surface area contributed by atoms with Crippen LogP contribution >= 0.6 is 232 Å². The van der Waals surface area contributed by atoms with E-state index in [4.69, 9.17) is 232 Å². The molecule has 2 N–H and O–H groups in total. The van der Waals surface area contributed by atoms with Crippen LogP contribution < -0.4 is 0 Å². The number of nitro groups is 5. The van der Waals surface area contributed by atoms with E-state index in [1.807, 2.05) is 0 Å². The van der Waals surface area contributed by atoms with Gasteiger partial charge in [-0.05, 0) is 0 Å². The molecule has 0 fully saturated rings. The number of fused-ring (bicyclic) bond motifs is 8. The fraction of sp³-hybridized carbons (Fsp3) is 0. The molecule has 0 atom stereocenters. The number of hydrogen-bond donors (Lipinski definition) is 2. The number of H-pyrrole nitrogens is 2. The van der Waals surface area contributed by atoms with E-state index in [0.29, 0.717) is 18.2 Å². The maximum Gasteiger partial charge on any atom is 0.374 e. The third kappa shape index (κ3) is 10.1. The molecule has 0 amide bonds. The molecule has 8 bridgehead atoms. The molecule has 2 aliphatic rings. The Balaban J connectivity index is 1.83. The van der Waals surface area contributed by atoms with Gasteiger partial charge in [-0.25, -0.2) is 9.97 Å². The van der Waals surface area contributed by atoms with Crippen LogP contribution in [0.5, 0.6) is 0 Å². The summed E-state index contributed by atoms with van der Waals surface area (Å²) in [7, 11) is 0. The molecule has 7 aromatic rings. The molecule has 0 spiro atoms. The number of nitrogens with zero attached hydrogens (tertiary/aromatic N) is 7. The van der Waals surface area contributed by atoms with Gasteiger partial charge in [0.2, 0.25) is 0 Å². The second kappa shape index (κ2) is 23.4. The molecule has 83 heavy (non-hydrogen) atoms. The van der Waals surface area contributed by atoms with Gasteiger partial charge in [0.15, 0.2) is 17.1 Å². The van der Waals surface area contributed by atoms with Crippen LogP contribution in [0.2, 0.25) is 100 Å². The van der Waals surface area contributed by atoms with E-state index in [0.717, 1.165) is 0 Å². The maximum atomic E-state index is 13.9. The normalized spacial score (nSPS) is 12.4. The molecular formula is C44H5Cl20N9O10. The molecule has 9 rings (SSSR count). The molecule has 5 heterocycles. The Kier molecular flexibility index (Phi) is 18.0. The minimum Gasteiger partial charge on any atom is -0.349 e. The summed E-state index contributed by atoms with van der Waals surface area (Å²) in [6, 6.07) is 1.26. The largest absolute Gasteiger partial charge is 0.374 e. The standard InChI is InChI=1S/C44H5Cl20N9O10/c45-18-13(19(46)27(54)34(61)26(18)53)10-4-1-7(69(74)75)38(65-4)11(14-20(47)28(55)35(62)29(56)21(14)48)5-2-9(71(78)79)40(67-5)17(16-24(51)32(59)37(64)33(60)25(16)52)42-44(73(82)83)43(72(80)81)41(68-42)12(6-3-8(70(76)77)39(10)66-6)15-22(49)30(57)36(63)31(58)23(15)50/h1-3,66-67H. The molecule has 39 heteroatoms. The topological polar surface area (TPSA) is 273 Å². The lowest BCUT2D eigenvalue weighted by atomic mass is 10.00. The quantitative estimate of drug-likeness (QED) is 0.0591. The number of halogens is 20. The van der Waals surface area contributed by atoms with E-state index < -0.39 is 243 Å². The summed E-state index contributed by atoms with van der Waals surface area (Å²) in [6.45, 7) is 0. The van der Waals surface area contributed by atoms with Crippen molar-refractivity contribution in [3.05, 3.63) is 186 Å². The summed E-state index contributed by atoms with van der Waals surface area (Å²) >= 11 is 134. The SMILES string of the molecule is O=[N+]([O-])C1=Cc2nc1c(-c1c(Cl)c(Cl)c(Cl)c(Cl)c1Cl)c1cc([N+](=O)[O-])c([nH]1)c(-c1c(Cl)c(Cl)c(Cl)c(Cl)c1Cl)c1nc(c(-c3c(Cl)c(Cl)c(Cl)c(Cl)c3Cl)c3cc([N+](=O)[O-])c([nH]3)c2-c2c(Cl)c(Cl)c(Cl)c(Cl)c2Cl)C([N+](=O)[O-])=C1[N+](=O)[O-]. The number of aromatic amines is 2. The van der Waals surface area contributed by atoms with Gasteiger partial charge in [0, 0.05) is 62.7 Å². The maximum absolute atomic E-state index is 13.9. The van der Waals surface area contributed by atoms with E-state index in [2.05, 4.69) is 19.9 Å². The van der Waals surface area contributed by atoms with Gasteiger partial charge in [0.1, 0.15) is 11.0 Å². The van der Waals surface area contributed by atoms with Gasteiger partial charge < -0.3 is 9.97 Å². The first kappa shape index (κ1) is 63.8. The lowest BCUT2D eigenvalue weighted by Gasteiger charge is -2.15. The molecule has 0 radical (unpaired) electrons. The van der Waals surface area contributed by atoms with Crippen LogP contribution in [0.15, 0.2) is 12.1 Å². The molecule has 0 saturated heterocycles. The Bertz CT molecular complexity index is 4470. The molecule has 2 aliphatic heterocycles. The van der Waals surface area contributed by atoms with Gasteiger partial charge in [-0.15, -0.1) is 0 Å². The zero-order chi connectivity index (χ0) is 61.5.